The van der Waals surface area contributed by atoms with Gasteiger partial charge in [0, 0.05) is 14.2 Å². The van der Waals surface area contributed by atoms with E-state index in [-0.39, 0.29) is 0 Å². The molecule has 0 aliphatic rings. The van der Waals surface area contributed by atoms with Crippen LogP contribution in [-0.2, 0) is 15.3 Å². The highest BCUT2D eigenvalue weighted by atomic mass is 16.7. The van der Waals surface area contributed by atoms with Crippen LogP contribution in [0.2, 0.25) is 0 Å². The molecule has 0 aromatic heterocycles. The Labute approximate surface area is 89.0 Å². The number of rotatable bonds is 4. The van der Waals surface area contributed by atoms with Gasteiger partial charge in [-0.25, -0.2) is 0 Å². The predicted molar refractivity (Wildman–Crippen MR) is 54.3 cm³/mol. The van der Waals surface area contributed by atoms with Crippen molar-refractivity contribution in [2.75, 3.05) is 21.3 Å². The van der Waals surface area contributed by atoms with Crippen molar-refractivity contribution in [3.63, 3.8) is 0 Å². The fraction of sp³-hybridized carbons (Fsp3) is 0.364. The molecule has 0 saturated carbocycles. The Kier molecular flexibility index (Phi) is 3.67. The van der Waals surface area contributed by atoms with Crippen molar-refractivity contribution >= 4 is 0 Å². The van der Waals surface area contributed by atoms with Crippen LogP contribution in [0.5, 0.6) is 5.75 Å². The fourth-order valence-electron chi connectivity index (χ4n) is 1.37. The first kappa shape index (κ1) is 11.5. The first-order chi connectivity index (χ1) is 7.24. The van der Waals surface area contributed by atoms with Gasteiger partial charge in [-0.15, -0.1) is 0 Å². The first-order valence-corrected chi connectivity index (χ1v) is 4.39. The minimum atomic E-state index is -1.41. The van der Waals surface area contributed by atoms with Crippen LogP contribution in [0.1, 0.15) is 5.56 Å². The van der Waals surface area contributed by atoms with Gasteiger partial charge in [0.2, 0.25) is 0 Å². The lowest BCUT2D eigenvalue weighted by Gasteiger charge is -2.24. The van der Waals surface area contributed by atoms with Gasteiger partial charge in [-0.1, -0.05) is 12.1 Å². The fourth-order valence-corrected chi connectivity index (χ4v) is 1.37. The van der Waals surface area contributed by atoms with Crippen molar-refractivity contribution < 1.29 is 14.2 Å². The van der Waals surface area contributed by atoms with Gasteiger partial charge in [0.15, 0.2) is 0 Å². The van der Waals surface area contributed by atoms with Crippen LogP contribution in [0.25, 0.3) is 0 Å². The van der Waals surface area contributed by atoms with Crippen LogP contribution in [0, 0.1) is 11.3 Å². The maximum Gasteiger partial charge on any atom is 0.290 e. The maximum absolute atomic E-state index is 9.09. The molecule has 1 aromatic rings. The first-order valence-electron chi connectivity index (χ1n) is 4.39. The summed E-state index contributed by atoms with van der Waals surface area (Å²) in [6.07, 6.45) is 0. The molecule has 0 fully saturated rings. The third-order valence-corrected chi connectivity index (χ3v) is 2.18. The summed E-state index contributed by atoms with van der Waals surface area (Å²) in [5.41, 5.74) is 0.556. The molecule has 0 N–H and O–H groups in total. The van der Waals surface area contributed by atoms with Crippen LogP contribution in [0.3, 0.4) is 0 Å². The number of hydrogen-bond acceptors (Lipinski definition) is 4. The standard InChI is InChI=1S/C11H13NO3/c1-13-10-7-5-4-6-9(10)11(8-12,14-2)15-3/h4-7H,1-3H3. The molecular formula is C11H13NO3. The highest BCUT2D eigenvalue weighted by Crippen LogP contribution is 2.32. The highest BCUT2D eigenvalue weighted by Gasteiger charge is 2.35. The molecule has 0 bridgehead atoms. The minimum Gasteiger partial charge on any atom is -0.496 e. The summed E-state index contributed by atoms with van der Waals surface area (Å²) >= 11 is 0. The topological polar surface area (TPSA) is 51.5 Å². The summed E-state index contributed by atoms with van der Waals surface area (Å²) in [6, 6.07) is 9.07. The van der Waals surface area contributed by atoms with E-state index in [0.29, 0.717) is 11.3 Å². The SMILES string of the molecule is COc1ccccc1C(C#N)(OC)OC. The molecule has 0 heterocycles. The van der Waals surface area contributed by atoms with E-state index in [1.165, 1.54) is 21.3 Å². The molecule has 0 unspecified atom stereocenters. The largest absolute Gasteiger partial charge is 0.496 e. The molecule has 80 valence electrons. The van der Waals surface area contributed by atoms with Crippen molar-refractivity contribution in [1.29, 1.82) is 5.26 Å². The molecule has 0 atom stereocenters. The Balaban J connectivity index is 3.29. The van der Waals surface area contributed by atoms with Crippen LogP contribution in [0.4, 0.5) is 0 Å². The summed E-state index contributed by atoms with van der Waals surface area (Å²) in [6.45, 7) is 0. The van der Waals surface area contributed by atoms with Crippen molar-refractivity contribution in [3.05, 3.63) is 29.8 Å². The lowest BCUT2D eigenvalue weighted by molar-refractivity contribution is -0.172. The van der Waals surface area contributed by atoms with E-state index in [4.69, 9.17) is 19.5 Å². The van der Waals surface area contributed by atoms with Gasteiger partial charge in [0.1, 0.15) is 11.8 Å². The lowest BCUT2D eigenvalue weighted by Crippen LogP contribution is -2.29. The molecule has 0 aliphatic heterocycles. The van der Waals surface area contributed by atoms with Gasteiger partial charge in [-0.05, 0) is 12.1 Å². The summed E-state index contributed by atoms with van der Waals surface area (Å²) in [5, 5.41) is 9.09. The van der Waals surface area contributed by atoms with E-state index < -0.39 is 5.79 Å². The smallest absolute Gasteiger partial charge is 0.290 e. The normalized spacial score (nSPS) is 10.8. The van der Waals surface area contributed by atoms with Gasteiger partial charge < -0.3 is 14.2 Å². The molecule has 0 aliphatic carbocycles. The third kappa shape index (κ3) is 1.94. The molecule has 4 heteroatoms. The minimum absolute atomic E-state index is 0.556. The second-order valence-corrected chi connectivity index (χ2v) is 2.84. The molecule has 4 nitrogen and oxygen atoms in total. The summed E-state index contributed by atoms with van der Waals surface area (Å²) in [4.78, 5) is 0. The lowest BCUT2D eigenvalue weighted by atomic mass is 10.1. The number of benzene rings is 1. The molecule has 0 spiro atoms. The van der Waals surface area contributed by atoms with Gasteiger partial charge in [0.05, 0.1) is 12.7 Å². The Morgan fingerprint density at radius 2 is 1.73 bits per heavy atom. The second-order valence-electron chi connectivity index (χ2n) is 2.84. The van der Waals surface area contributed by atoms with E-state index >= 15 is 0 Å². The van der Waals surface area contributed by atoms with E-state index in [2.05, 4.69) is 0 Å². The van der Waals surface area contributed by atoms with Gasteiger partial charge in [-0.2, -0.15) is 5.26 Å². The zero-order valence-corrected chi connectivity index (χ0v) is 8.98. The molecule has 0 radical (unpaired) electrons. The Hall–Kier alpha value is -1.57. The molecule has 1 rings (SSSR count). The van der Waals surface area contributed by atoms with Gasteiger partial charge >= 0.3 is 0 Å². The number of nitriles is 1. The van der Waals surface area contributed by atoms with Crippen molar-refractivity contribution in [2.24, 2.45) is 0 Å². The number of para-hydroxylation sites is 1. The number of methoxy groups -OCH3 is 3. The second kappa shape index (κ2) is 4.78. The zero-order chi connectivity index (χ0) is 11.3. The monoisotopic (exact) mass is 207 g/mol. The van der Waals surface area contributed by atoms with E-state index in [1.54, 1.807) is 18.2 Å². The summed E-state index contributed by atoms with van der Waals surface area (Å²) in [5.74, 6) is -0.852. The number of ether oxygens (including phenoxy) is 3. The third-order valence-electron chi connectivity index (χ3n) is 2.18. The quantitative estimate of drug-likeness (QED) is 0.704. The zero-order valence-electron chi connectivity index (χ0n) is 8.98. The van der Waals surface area contributed by atoms with Crippen LogP contribution in [-0.4, -0.2) is 21.3 Å². The van der Waals surface area contributed by atoms with Crippen molar-refractivity contribution in [2.45, 2.75) is 5.79 Å². The average molecular weight is 207 g/mol. The maximum atomic E-state index is 9.09. The predicted octanol–water partition coefficient (Wildman–Crippen LogP) is 1.66. The molecular weight excluding hydrogens is 194 g/mol. The van der Waals surface area contributed by atoms with E-state index in [0.717, 1.165) is 0 Å². The number of hydrogen-bond donors (Lipinski definition) is 0. The average Bonchev–Trinajstić information content (AvgIpc) is 2.33. The van der Waals surface area contributed by atoms with Crippen LogP contribution < -0.4 is 4.74 Å². The Morgan fingerprint density at radius 3 is 2.20 bits per heavy atom. The molecule has 1 aromatic carbocycles. The molecule has 0 amide bonds. The Bertz CT molecular complexity index is 366. The van der Waals surface area contributed by atoms with Crippen molar-refractivity contribution in [3.8, 4) is 11.8 Å². The van der Waals surface area contributed by atoms with Gasteiger partial charge in [0.25, 0.3) is 5.79 Å². The molecule has 0 saturated heterocycles. The summed E-state index contributed by atoms with van der Waals surface area (Å²) < 4.78 is 15.3. The van der Waals surface area contributed by atoms with Crippen LogP contribution in [0.15, 0.2) is 24.3 Å². The van der Waals surface area contributed by atoms with Crippen molar-refractivity contribution in [1.82, 2.24) is 0 Å². The molecule has 15 heavy (non-hydrogen) atoms. The van der Waals surface area contributed by atoms with E-state index in [1.807, 2.05) is 12.1 Å². The van der Waals surface area contributed by atoms with Gasteiger partial charge in [-0.3, -0.25) is 0 Å². The number of nitrogens with zero attached hydrogens (tertiary/aromatic N) is 1. The Morgan fingerprint density at radius 1 is 1.13 bits per heavy atom. The van der Waals surface area contributed by atoms with Crippen LogP contribution >= 0.6 is 0 Å². The highest BCUT2D eigenvalue weighted by molar-refractivity contribution is 5.39. The van der Waals surface area contributed by atoms with E-state index in [9.17, 15) is 0 Å². The summed E-state index contributed by atoms with van der Waals surface area (Å²) in [7, 11) is 4.37.